The summed E-state index contributed by atoms with van der Waals surface area (Å²) in [6.45, 7) is 0. The Hall–Kier alpha value is -3.02. The van der Waals surface area contributed by atoms with Crippen LogP contribution in [0.1, 0.15) is 15.9 Å². The number of esters is 1. The van der Waals surface area contributed by atoms with Gasteiger partial charge in [-0.1, -0.05) is 18.2 Å². The molecule has 0 saturated carbocycles. The Morgan fingerprint density at radius 1 is 1.12 bits per heavy atom. The maximum Gasteiger partial charge on any atom is 0.339 e. The fourth-order valence-electron chi connectivity index (χ4n) is 2.61. The molecule has 3 rings (SSSR count). The van der Waals surface area contributed by atoms with Crippen LogP contribution in [0.15, 0.2) is 42.5 Å². The summed E-state index contributed by atoms with van der Waals surface area (Å²) < 4.78 is 15.6. The summed E-state index contributed by atoms with van der Waals surface area (Å²) in [5.41, 5.74) is 1.85. The van der Waals surface area contributed by atoms with Gasteiger partial charge in [0.15, 0.2) is 17.6 Å². The van der Waals surface area contributed by atoms with E-state index < -0.39 is 12.1 Å². The highest BCUT2D eigenvalue weighted by Gasteiger charge is 2.31. The van der Waals surface area contributed by atoms with Crippen molar-refractivity contribution in [1.82, 2.24) is 0 Å². The smallest absolute Gasteiger partial charge is 0.339 e. The first-order chi connectivity index (χ1) is 11.6. The average molecular weight is 327 g/mol. The first-order valence-corrected chi connectivity index (χ1v) is 7.44. The van der Waals surface area contributed by atoms with Crippen LogP contribution < -0.4 is 14.8 Å². The fraction of sp³-hybridized carbons (Fsp3) is 0.222. The van der Waals surface area contributed by atoms with Gasteiger partial charge >= 0.3 is 5.97 Å². The van der Waals surface area contributed by atoms with Gasteiger partial charge in [0.2, 0.25) is 0 Å². The molecule has 0 aliphatic carbocycles. The second kappa shape index (κ2) is 6.62. The molecule has 124 valence electrons. The number of cyclic esters (lactones) is 1. The number of nitrogens with one attached hydrogen (secondary N) is 1. The summed E-state index contributed by atoms with van der Waals surface area (Å²) in [6.07, 6.45) is -0.512. The van der Waals surface area contributed by atoms with E-state index in [-0.39, 0.29) is 5.91 Å². The van der Waals surface area contributed by atoms with Gasteiger partial charge in [-0.05, 0) is 23.8 Å². The van der Waals surface area contributed by atoms with E-state index in [2.05, 4.69) is 5.32 Å². The fourth-order valence-corrected chi connectivity index (χ4v) is 2.61. The monoisotopic (exact) mass is 327 g/mol. The lowest BCUT2D eigenvalue weighted by Crippen LogP contribution is -2.37. The van der Waals surface area contributed by atoms with E-state index in [0.717, 1.165) is 5.56 Å². The highest BCUT2D eigenvalue weighted by Crippen LogP contribution is 2.30. The van der Waals surface area contributed by atoms with E-state index in [1.54, 1.807) is 30.3 Å². The topological polar surface area (TPSA) is 73.9 Å². The Bertz CT molecular complexity index is 787. The van der Waals surface area contributed by atoms with Gasteiger partial charge in [0.05, 0.1) is 19.8 Å². The van der Waals surface area contributed by atoms with Crippen molar-refractivity contribution in [1.29, 1.82) is 0 Å². The van der Waals surface area contributed by atoms with Crippen LogP contribution in [0.4, 0.5) is 5.69 Å². The largest absolute Gasteiger partial charge is 0.493 e. The van der Waals surface area contributed by atoms with Crippen molar-refractivity contribution in [3.8, 4) is 11.5 Å². The molecule has 0 bridgehead atoms. The standard InChI is InChI=1S/C18H17NO5/c1-22-14-8-7-12(10-15(14)23-2)19-17(20)16-9-11-5-3-4-6-13(11)18(21)24-16/h3-8,10,16H,9H2,1-2H3,(H,19,20)/t16-/m0/s1. The molecule has 0 spiro atoms. The Labute approximate surface area is 139 Å². The minimum Gasteiger partial charge on any atom is -0.493 e. The minimum atomic E-state index is -0.861. The second-order valence-corrected chi connectivity index (χ2v) is 5.31. The molecule has 1 amide bonds. The predicted octanol–water partition coefficient (Wildman–Crippen LogP) is 2.42. The lowest BCUT2D eigenvalue weighted by molar-refractivity contribution is -0.125. The van der Waals surface area contributed by atoms with Gasteiger partial charge in [-0.15, -0.1) is 0 Å². The zero-order valence-electron chi connectivity index (χ0n) is 13.4. The third-order valence-corrected chi connectivity index (χ3v) is 3.84. The third-order valence-electron chi connectivity index (χ3n) is 3.84. The van der Waals surface area contributed by atoms with Gasteiger partial charge in [0, 0.05) is 18.2 Å². The van der Waals surface area contributed by atoms with Gasteiger partial charge in [-0.3, -0.25) is 4.79 Å². The van der Waals surface area contributed by atoms with Crippen molar-refractivity contribution in [2.45, 2.75) is 12.5 Å². The van der Waals surface area contributed by atoms with Crippen molar-refractivity contribution in [2.24, 2.45) is 0 Å². The van der Waals surface area contributed by atoms with Crippen molar-refractivity contribution in [3.63, 3.8) is 0 Å². The SMILES string of the molecule is COc1ccc(NC(=O)[C@@H]2Cc3ccccc3C(=O)O2)cc1OC. The quantitative estimate of drug-likeness (QED) is 0.873. The second-order valence-electron chi connectivity index (χ2n) is 5.31. The van der Waals surface area contributed by atoms with Crippen LogP contribution in [0.25, 0.3) is 0 Å². The Balaban J connectivity index is 1.75. The molecule has 1 N–H and O–H groups in total. The number of methoxy groups -OCH3 is 2. The molecule has 0 aromatic heterocycles. The molecule has 6 heteroatoms. The summed E-state index contributed by atoms with van der Waals surface area (Å²) in [5, 5.41) is 2.74. The van der Waals surface area contributed by atoms with E-state index in [1.807, 2.05) is 12.1 Å². The molecule has 0 unspecified atom stereocenters. The number of carbonyl (C=O) groups excluding carboxylic acids is 2. The molecule has 2 aromatic rings. The summed E-state index contributed by atoms with van der Waals surface area (Å²) >= 11 is 0. The van der Waals surface area contributed by atoms with Gasteiger partial charge in [-0.2, -0.15) is 0 Å². The number of hydrogen-bond acceptors (Lipinski definition) is 5. The number of ether oxygens (including phenoxy) is 3. The van der Waals surface area contributed by atoms with Crippen LogP contribution >= 0.6 is 0 Å². The van der Waals surface area contributed by atoms with Crippen molar-refractivity contribution in [2.75, 3.05) is 19.5 Å². The average Bonchev–Trinajstić information content (AvgIpc) is 2.61. The molecule has 0 radical (unpaired) electrons. The Morgan fingerprint density at radius 2 is 1.88 bits per heavy atom. The van der Waals surface area contributed by atoms with E-state index >= 15 is 0 Å². The third kappa shape index (κ3) is 3.03. The molecule has 1 aliphatic heterocycles. The van der Waals surface area contributed by atoms with Crippen LogP contribution in [0.2, 0.25) is 0 Å². The number of hydrogen-bond donors (Lipinski definition) is 1. The summed E-state index contributed by atoms with van der Waals surface area (Å²) in [5.74, 6) is 0.198. The van der Waals surface area contributed by atoms with Crippen LogP contribution in [0.3, 0.4) is 0 Å². The molecule has 6 nitrogen and oxygen atoms in total. The molecule has 0 saturated heterocycles. The lowest BCUT2D eigenvalue weighted by atomic mass is 9.98. The van der Waals surface area contributed by atoms with E-state index in [9.17, 15) is 9.59 Å². The number of carbonyl (C=O) groups is 2. The van der Waals surface area contributed by atoms with Crippen LogP contribution in [-0.2, 0) is 16.0 Å². The molecule has 0 fully saturated rings. The summed E-state index contributed by atoms with van der Waals surface area (Å²) in [6, 6.07) is 12.2. The minimum absolute atomic E-state index is 0.348. The first-order valence-electron chi connectivity index (χ1n) is 7.44. The van der Waals surface area contributed by atoms with Crippen molar-refractivity contribution < 1.29 is 23.8 Å². The van der Waals surface area contributed by atoms with Crippen molar-refractivity contribution >= 4 is 17.6 Å². The van der Waals surface area contributed by atoms with E-state index in [0.29, 0.717) is 29.2 Å². The van der Waals surface area contributed by atoms with Gasteiger partial charge in [0.25, 0.3) is 5.91 Å². The highest BCUT2D eigenvalue weighted by atomic mass is 16.5. The summed E-state index contributed by atoms with van der Waals surface area (Å²) in [4.78, 5) is 24.4. The van der Waals surface area contributed by atoms with Crippen LogP contribution in [-0.4, -0.2) is 32.2 Å². The molecule has 1 aliphatic rings. The van der Waals surface area contributed by atoms with E-state index in [4.69, 9.17) is 14.2 Å². The van der Waals surface area contributed by atoms with Crippen LogP contribution in [0.5, 0.6) is 11.5 Å². The Morgan fingerprint density at radius 3 is 2.62 bits per heavy atom. The number of benzene rings is 2. The zero-order valence-corrected chi connectivity index (χ0v) is 13.4. The van der Waals surface area contributed by atoms with Crippen LogP contribution in [0, 0.1) is 0 Å². The number of amides is 1. The molecule has 1 atom stereocenters. The molecular formula is C18H17NO5. The normalized spacial score (nSPS) is 15.9. The predicted molar refractivity (Wildman–Crippen MR) is 87.5 cm³/mol. The molecule has 2 aromatic carbocycles. The highest BCUT2D eigenvalue weighted by molar-refractivity contribution is 6.00. The Kier molecular flexibility index (Phi) is 4.37. The number of anilines is 1. The summed E-state index contributed by atoms with van der Waals surface area (Å²) in [7, 11) is 3.05. The molecule has 1 heterocycles. The zero-order chi connectivity index (χ0) is 17.1. The molecule has 24 heavy (non-hydrogen) atoms. The number of fused-ring (bicyclic) bond motifs is 1. The van der Waals surface area contributed by atoms with E-state index in [1.165, 1.54) is 14.2 Å². The van der Waals surface area contributed by atoms with Crippen molar-refractivity contribution in [3.05, 3.63) is 53.6 Å². The lowest BCUT2D eigenvalue weighted by Gasteiger charge is -2.23. The molecular weight excluding hydrogens is 310 g/mol. The number of rotatable bonds is 4. The van der Waals surface area contributed by atoms with Gasteiger partial charge < -0.3 is 19.5 Å². The van der Waals surface area contributed by atoms with Gasteiger partial charge in [0.1, 0.15) is 0 Å². The maximum absolute atomic E-state index is 12.4. The first kappa shape index (κ1) is 15.9. The van der Waals surface area contributed by atoms with Gasteiger partial charge in [-0.25, -0.2) is 4.79 Å². The maximum atomic E-state index is 12.4.